The molecule has 1 saturated heterocycles. The quantitative estimate of drug-likeness (QED) is 0.684. The van der Waals surface area contributed by atoms with Crippen molar-refractivity contribution >= 4 is 26.7 Å². The number of halogens is 2. The van der Waals surface area contributed by atoms with Gasteiger partial charge in [-0.25, -0.2) is 18.5 Å². The van der Waals surface area contributed by atoms with Crippen LogP contribution in [0.15, 0.2) is 53.4 Å². The molecular weight excluding hydrogens is 400 g/mol. The number of hydrogen-bond acceptors (Lipinski definition) is 5. The van der Waals surface area contributed by atoms with E-state index in [4.69, 9.17) is 5.14 Å². The van der Waals surface area contributed by atoms with Gasteiger partial charge in [-0.05, 0) is 36.4 Å². The summed E-state index contributed by atoms with van der Waals surface area (Å²) in [6.45, 7) is 0.466. The number of primary sulfonamides is 1. The summed E-state index contributed by atoms with van der Waals surface area (Å²) in [6.07, 6.45) is 0. The number of alkyl halides is 2. The molecule has 0 amide bonds. The molecule has 2 N–H and O–H groups in total. The molecule has 1 aliphatic heterocycles. The molecule has 10 heteroatoms. The van der Waals surface area contributed by atoms with Crippen LogP contribution < -0.4 is 10.0 Å². The molecule has 1 aliphatic rings. The maximum atomic E-state index is 13.6. The van der Waals surface area contributed by atoms with Crippen LogP contribution in [0.2, 0.25) is 0 Å². The summed E-state index contributed by atoms with van der Waals surface area (Å²) in [6, 6.07) is 13.3. The molecule has 4 rings (SSSR count). The molecule has 0 spiro atoms. The Balaban J connectivity index is 1.44. The van der Waals surface area contributed by atoms with Gasteiger partial charge in [-0.3, -0.25) is 9.47 Å². The van der Waals surface area contributed by atoms with Gasteiger partial charge in [-0.1, -0.05) is 12.1 Å². The van der Waals surface area contributed by atoms with Crippen LogP contribution in [0, 0.1) is 0 Å². The van der Waals surface area contributed by atoms with E-state index in [9.17, 15) is 17.2 Å². The Labute approximate surface area is 167 Å². The van der Waals surface area contributed by atoms with Crippen LogP contribution in [0.5, 0.6) is 0 Å². The van der Waals surface area contributed by atoms with E-state index in [2.05, 4.69) is 14.8 Å². The fourth-order valence-corrected chi connectivity index (χ4v) is 4.15. The second kappa shape index (κ2) is 7.69. The second-order valence-corrected chi connectivity index (χ2v) is 8.53. The molecule has 2 heterocycles. The number of aromatic nitrogens is 2. The van der Waals surface area contributed by atoms with Crippen LogP contribution >= 0.6 is 0 Å². The van der Waals surface area contributed by atoms with Crippen LogP contribution in [-0.4, -0.2) is 49.0 Å². The van der Waals surface area contributed by atoms with Crippen molar-refractivity contribution < 1.29 is 17.2 Å². The third-order valence-corrected chi connectivity index (χ3v) is 6.06. The average Bonchev–Trinajstić information content (AvgIpc) is 3.06. The first-order valence-electron chi connectivity index (χ1n) is 9.17. The summed E-state index contributed by atoms with van der Waals surface area (Å²) in [5, 5.41) is 5.13. The standard InChI is InChI=1S/C19H21F2N5O2S/c20-19(21)26-17-4-2-1-3-16(17)23-18(26)13-24-9-11-25(12-10-24)14-5-7-15(8-6-14)29(22,27)28/h1-8,19H,9-13H2,(H2,22,27,28). The van der Waals surface area contributed by atoms with Crippen LogP contribution in [0.25, 0.3) is 11.0 Å². The van der Waals surface area contributed by atoms with E-state index in [1.54, 1.807) is 36.4 Å². The van der Waals surface area contributed by atoms with Gasteiger partial charge in [0.2, 0.25) is 10.0 Å². The lowest BCUT2D eigenvalue weighted by molar-refractivity contribution is 0.0681. The third kappa shape index (κ3) is 4.09. The SMILES string of the molecule is NS(=O)(=O)c1ccc(N2CCN(Cc3nc4ccccc4n3C(F)F)CC2)cc1. The Bertz CT molecular complexity index is 1110. The number of para-hydroxylation sites is 2. The summed E-state index contributed by atoms with van der Waals surface area (Å²) in [7, 11) is -3.71. The van der Waals surface area contributed by atoms with Crippen molar-refractivity contribution in [2.75, 3.05) is 31.1 Å². The highest BCUT2D eigenvalue weighted by atomic mass is 32.2. The molecule has 7 nitrogen and oxygen atoms in total. The molecule has 1 aromatic heterocycles. The van der Waals surface area contributed by atoms with Gasteiger partial charge in [0, 0.05) is 31.9 Å². The lowest BCUT2D eigenvalue weighted by Gasteiger charge is -2.36. The number of sulfonamides is 1. The number of imidazole rings is 1. The number of anilines is 1. The van der Waals surface area contributed by atoms with E-state index in [0.717, 1.165) is 10.3 Å². The fraction of sp³-hybridized carbons (Fsp3) is 0.316. The maximum absolute atomic E-state index is 13.6. The highest BCUT2D eigenvalue weighted by Crippen LogP contribution is 2.25. The lowest BCUT2D eigenvalue weighted by atomic mass is 10.2. The molecule has 0 saturated carbocycles. The first-order chi connectivity index (χ1) is 13.8. The van der Waals surface area contributed by atoms with Gasteiger partial charge in [-0.15, -0.1) is 0 Å². The van der Waals surface area contributed by atoms with E-state index in [1.807, 2.05) is 0 Å². The number of piperazine rings is 1. The topological polar surface area (TPSA) is 84.5 Å². The van der Waals surface area contributed by atoms with Crippen LogP contribution in [0.3, 0.4) is 0 Å². The predicted molar refractivity (Wildman–Crippen MR) is 106 cm³/mol. The van der Waals surface area contributed by atoms with E-state index >= 15 is 0 Å². The molecule has 154 valence electrons. The molecule has 0 aliphatic carbocycles. The molecule has 2 aromatic carbocycles. The van der Waals surface area contributed by atoms with Gasteiger partial charge in [-0.2, -0.15) is 8.78 Å². The number of hydrogen-bond donors (Lipinski definition) is 1. The highest BCUT2D eigenvalue weighted by Gasteiger charge is 2.23. The normalized spacial score (nSPS) is 16.1. The van der Waals surface area contributed by atoms with Gasteiger partial charge in [0.1, 0.15) is 5.82 Å². The third-order valence-electron chi connectivity index (χ3n) is 5.13. The van der Waals surface area contributed by atoms with Crippen molar-refractivity contribution in [3.05, 3.63) is 54.4 Å². The summed E-state index contributed by atoms with van der Waals surface area (Å²) >= 11 is 0. The Kier molecular flexibility index (Phi) is 5.24. The Hall–Kier alpha value is -2.56. The first kappa shape index (κ1) is 19.7. The van der Waals surface area contributed by atoms with Gasteiger partial charge >= 0.3 is 6.55 Å². The largest absolute Gasteiger partial charge is 0.369 e. The minimum Gasteiger partial charge on any atom is -0.369 e. The molecule has 0 atom stereocenters. The van der Waals surface area contributed by atoms with Crippen LogP contribution in [-0.2, 0) is 16.6 Å². The fourth-order valence-electron chi connectivity index (χ4n) is 3.63. The zero-order valence-electron chi connectivity index (χ0n) is 15.6. The van der Waals surface area contributed by atoms with Crippen molar-refractivity contribution in [3.63, 3.8) is 0 Å². The summed E-state index contributed by atoms with van der Waals surface area (Å²) < 4.78 is 50.9. The second-order valence-electron chi connectivity index (χ2n) is 6.97. The number of nitrogens with zero attached hydrogens (tertiary/aromatic N) is 4. The zero-order chi connectivity index (χ0) is 20.6. The van der Waals surface area contributed by atoms with Crippen molar-refractivity contribution in [2.24, 2.45) is 5.14 Å². The summed E-state index contributed by atoms with van der Waals surface area (Å²) in [4.78, 5) is 8.69. The molecule has 29 heavy (non-hydrogen) atoms. The molecule has 0 unspecified atom stereocenters. The van der Waals surface area contributed by atoms with E-state index in [-0.39, 0.29) is 4.90 Å². The molecule has 3 aromatic rings. The summed E-state index contributed by atoms with van der Waals surface area (Å²) in [5.41, 5.74) is 1.90. The molecule has 0 bridgehead atoms. The molecular formula is C19H21F2N5O2S. The number of rotatable bonds is 5. The van der Waals surface area contributed by atoms with Gasteiger partial charge in [0.15, 0.2) is 0 Å². The van der Waals surface area contributed by atoms with Crippen molar-refractivity contribution in [1.29, 1.82) is 0 Å². The van der Waals surface area contributed by atoms with E-state index < -0.39 is 16.6 Å². The number of benzene rings is 2. The Morgan fingerprint density at radius 2 is 1.66 bits per heavy atom. The van der Waals surface area contributed by atoms with Gasteiger partial charge < -0.3 is 4.90 Å². The Morgan fingerprint density at radius 3 is 2.28 bits per heavy atom. The van der Waals surface area contributed by atoms with E-state index in [0.29, 0.717) is 49.6 Å². The minimum atomic E-state index is -3.71. The monoisotopic (exact) mass is 421 g/mol. The number of fused-ring (bicyclic) bond motifs is 1. The van der Waals surface area contributed by atoms with Crippen molar-refractivity contribution in [2.45, 2.75) is 18.0 Å². The maximum Gasteiger partial charge on any atom is 0.320 e. The number of nitrogens with two attached hydrogens (primary N) is 1. The van der Waals surface area contributed by atoms with E-state index in [1.165, 1.54) is 12.1 Å². The highest BCUT2D eigenvalue weighted by molar-refractivity contribution is 7.89. The predicted octanol–water partition coefficient (Wildman–Crippen LogP) is 2.40. The Morgan fingerprint density at radius 1 is 1.00 bits per heavy atom. The molecule has 1 fully saturated rings. The zero-order valence-corrected chi connectivity index (χ0v) is 16.4. The van der Waals surface area contributed by atoms with Crippen LogP contribution in [0.1, 0.15) is 12.4 Å². The minimum absolute atomic E-state index is 0.0748. The van der Waals surface area contributed by atoms with Crippen molar-refractivity contribution in [3.8, 4) is 0 Å². The smallest absolute Gasteiger partial charge is 0.320 e. The first-order valence-corrected chi connectivity index (χ1v) is 10.7. The lowest BCUT2D eigenvalue weighted by Crippen LogP contribution is -2.46. The summed E-state index contributed by atoms with van der Waals surface area (Å²) in [5.74, 6) is 0.354. The van der Waals surface area contributed by atoms with Gasteiger partial charge in [0.05, 0.1) is 22.5 Å². The average molecular weight is 421 g/mol. The van der Waals surface area contributed by atoms with Crippen LogP contribution in [0.4, 0.5) is 14.5 Å². The van der Waals surface area contributed by atoms with Crippen molar-refractivity contribution in [1.82, 2.24) is 14.5 Å². The molecule has 0 radical (unpaired) electrons. The van der Waals surface area contributed by atoms with Gasteiger partial charge in [0.25, 0.3) is 0 Å².